The molecule has 0 amide bonds. The van der Waals surface area contributed by atoms with Crippen LogP contribution in [0, 0.1) is 0 Å². The Morgan fingerprint density at radius 3 is 2.28 bits per heavy atom. The summed E-state index contributed by atoms with van der Waals surface area (Å²) in [6.07, 6.45) is 6.03. The molecule has 6 nitrogen and oxygen atoms in total. The average molecular weight is 359 g/mol. The van der Waals surface area contributed by atoms with Crippen LogP contribution in [0.1, 0.15) is 19.4 Å². The van der Waals surface area contributed by atoms with Crippen LogP contribution in [0.5, 0.6) is 5.75 Å². The molecule has 2 heterocycles. The van der Waals surface area contributed by atoms with Crippen LogP contribution >= 0.6 is 0 Å². The monoisotopic (exact) mass is 359 g/mol. The number of hydrogen-bond acceptors (Lipinski definition) is 5. The lowest BCUT2D eigenvalue weighted by atomic mass is 10.2. The molecule has 0 bridgehead atoms. The molecule has 3 rings (SSSR count). The molecule has 0 aliphatic heterocycles. The lowest BCUT2D eigenvalue weighted by Crippen LogP contribution is -2.02. The van der Waals surface area contributed by atoms with Gasteiger partial charge in [-0.3, -0.25) is 0 Å². The molecule has 0 atom stereocenters. The largest absolute Gasteiger partial charge is 0.489 e. The van der Waals surface area contributed by atoms with Gasteiger partial charge in [0, 0.05) is 18.0 Å². The molecule has 0 saturated carbocycles. The van der Waals surface area contributed by atoms with Crippen molar-refractivity contribution < 1.29 is 13.2 Å². The molecular formula is C18H21N3O3S. The SMILES string of the molecule is CC.CS(=O)(=O)c1ccc(COc2ccc(-c3cnc[nH]3)cc2)cn1. The van der Waals surface area contributed by atoms with Gasteiger partial charge in [-0.15, -0.1) is 0 Å². The third-order valence-corrected chi connectivity index (χ3v) is 4.25. The number of pyridine rings is 1. The number of rotatable bonds is 5. The first-order chi connectivity index (χ1) is 12.0. The molecule has 25 heavy (non-hydrogen) atoms. The number of aromatic nitrogens is 3. The van der Waals surface area contributed by atoms with E-state index in [2.05, 4.69) is 15.0 Å². The lowest BCUT2D eigenvalue weighted by molar-refractivity contribution is 0.305. The van der Waals surface area contributed by atoms with Gasteiger partial charge < -0.3 is 9.72 Å². The summed E-state index contributed by atoms with van der Waals surface area (Å²) in [5.41, 5.74) is 2.76. The van der Waals surface area contributed by atoms with Gasteiger partial charge in [0.15, 0.2) is 14.9 Å². The van der Waals surface area contributed by atoms with Crippen molar-refractivity contribution in [2.45, 2.75) is 25.5 Å². The van der Waals surface area contributed by atoms with Gasteiger partial charge in [0.05, 0.1) is 18.2 Å². The van der Waals surface area contributed by atoms with Crippen LogP contribution in [0.3, 0.4) is 0 Å². The molecule has 0 saturated heterocycles. The Morgan fingerprint density at radius 2 is 1.76 bits per heavy atom. The van der Waals surface area contributed by atoms with Crippen molar-refractivity contribution >= 4 is 9.84 Å². The first-order valence-corrected chi connectivity index (χ1v) is 9.78. The Labute approximate surface area is 147 Å². The van der Waals surface area contributed by atoms with E-state index in [9.17, 15) is 8.42 Å². The van der Waals surface area contributed by atoms with Crippen LogP contribution in [0.25, 0.3) is 11.3 Å². The number of imidazole rings is 1. The number of aromatic amines is 1. The molecule has 1 N–H and O–H groups in total. The van der Waals surface area contributed by atoms with Crippen LogP contribution in [-0.2, 0) is 16.4 Å². The smallest absolute Gasteiger partial charge is 0.192 e. The van der Waals surface area contributed by atoms with Gasteiger partial charge in [-0.1, -0.05) is 19.9 Å². The van der Waals surface area contributed by atoms with Crippen molar-refractivity contribution in [3.63, 3.8) is 0 Å². The first kappa shape index (κ1) is 18.7. The predicted molar refractivity (Wildman–Crippen MR) is 97.1 cm³/mol. The number of ether oxygens (including phenoxy) is 1. The van der Waals surface area contributed by atoms with Crippen LogP contribution in [-0.4, -0.2) is 29.6 Å². The average Bonchev–Trinajstić information content (AvgIpc) is 3.16. The van der Waals surface area contributed by atoms with Gasteiger partial charge in [0.25, 0.3) is 0 Å². The van der Waals surface area contributed by atoms with Crippen LogP contribution in [0.15, 0.2) is 60.1 Å². The zero-order chi connectivity index (χ0) is 18.3. The summed E-state index contributed by atoms with van der Waals surface area (Å²) >= 11 is 0. The van der Waals surface area contributed by atoms with Gasteiger partial charge >= 0.3 is 0 Å². The minimum atomic E-state index is -3.27. The van der Waals surface area contributed by atoms with Gasteiger partial charge in [-0.05, 0) is 35.9 Å². The summed E-state index contributed by atoms with van der Waals surface area (Å²) in [4.78, 5) is 11.0. The molecule has 0 aliphatic carbocycles. The number of benzene rings is 1. The summed E-state index contributed by atoms with van der Waals surface area (Å²) in [5.74, 6) is 0.723. The van der Waals surface area contributed by atoms with E-state index in [0.29, 0.717) is 6.61 Å². The number of nitrogens with one attached hydrogen (secondary N) is 1. The van der Waals surface area contributed by atoms with E-state index in [0.717, 1.165) is 28.8 Å². The fourth-order valence-corrected chi connectivity index (χ4v) is 2.59. The number of H-pyrrole nitrogens is 1. The Morgan fingerprint density at radius 1 is 1.04 bits per heavy atom. The van der Waals surface area contributed by atoms with Gasteiger partial charge in [-0.2, -0.15) is 0 Å². The first-order valence-electron chi connectivity index (χ1n) is 7.89. The minimum absolute atomic E-state index is 0.0603. The highest BCUT2D eigenvalue weighted by Crippen LogP contribution is 2.20. The van der Waals surface area contributed by atoms with Gasteiger partial charge in [0.1, 0.15) is 12.4 Å². The molecular weight excluding hydrogens is 338 g/mol. The highest BCUT2D eigenvalue weighted by atomic mass is 32.2. The molecule has 132 valence electrons. The van der Waals surface area contributed by atoms with Crippen molar-refractivity contribution in [3.8, 4) is 17.0 Å². The van der Waals surface area contributed by atoms with Crippen molar-refractivity contribution in [2.75, 3.05) is 6.26 Å². The van der Waals surface area contributed by atoms with Crippen molar-refractivity contribution in [2.24, 2.45) is 0 Å². The molecule has 3 aromatic rings. The van der Waals surface area contributed by atoms with E-state index in [1.165, 1.54) is 12.3 Å². The van der Waals surface area contributed by atoms with E-state index in [1.54, 1.807) is 18.6 Å². The topological polar surface area (TPSA) is 84.9 Å². The Kier molecular flexibility index (Phi) is 6.30. The van der Waals surface area contributed by atoms with Crippen LogP contribution in [0.4, 0.5) is 0 Å². The Hall–Kier alpha value is -2.67. The summed E-state index contributed by atoms with van der Waals surface area (Å²) in [6, 6.07) is 10.8. The van der Waals surface area contributed by atoms with E-state index >= 15 is 0 Å². The number of hydrogen-bond donors (Lipinski definition) is 1. The summed E-state index contributed by atoms with van der Waals surface area (Å²) in [5, 5.41) is 0.0603. The maximum Gasteiger partial charge on any atom is 0.192 e. The lowest BCUT2D eigenvalue weighted by Gasteiger charge is -2.07. The van der Waals surface area contributed by atoms with Crippen molar-refractivity contribution in [3.05, 3.63) is 60.7 Å². The normalized spacial score (nSPS) is 10.7. The third kappa shape index (κ3) is 5.15. The van der Waals surface area contributed by atoms with E-state index in [1.807, 2.05) is 38.1 Å². The van der Waals surface area contributed by atoms with E-state index in [-0.39, 0.29) is 5.03 Å². The van der Waals surface area contributed by atoms with E-state index in [4.69, 9.17) is 4.74 Å². The van der Waals surface area contributed by atoms with Crippen LogP contribution in [0.2, 0.25) is 0 Å². The summed E-state index contributed by atoms with van der Waals surface area (Å²) < 4.78 is 28.4. The summed E-state index contributed by atoms with van der Waals surface area (Å²) in [6.45, 7) is 4.32. The van der Waals surface area contributed by atoms with Crippen LogP contribution < -0.4 is 4.74 Å². The zero-order valence-corrected chi connectivity index (χ0v) is 15.2. The number of sulfone groups is 1. The van der Waals surface area contributed by atoms with Crippen molar-refractivity contribution in [1.82, 2.24) is 15.0 Å². The zero-order valence-electron chi connectivity index (χ0n) is 14.4. The highest BCUT2D eigenvalue weighted by molar-refractivity contribution is 7.90. The second kappa shape index (κ2) is 8.43. The minimum Gasteiger partial charge on any atom is -0.489 e. The fourth-order valence-electron chi connectivity index (χ4n) is 2.03. The fraction of sp³-hybridized carbons (Fsp3) is 0.222. The van der Waals surface area contributed by atoms with E-state index < -0.39 is 9.84 Å². The molecule has 0 aliphatic rings. The van der Waals surface area contributed by atoms with Gasteiger partial charge in [-0.25, -0.2) is 18.4 Å². The third-order valence-electron chi connectivity index (χ3n) is 3.25. The van der Waals surface area contributed by atoms with Crippen molar-refractivity contribution in [1.29, 1.82) is 0 Å². The number of nitrogens with zero attached hydrogens (tertiary/aromatic N) is 2. The second-order valence-electron chi connectivity index (χ2n) is 5.06. The molecule has 1 aromatic carbocycles. The molecule has 0 unspecified atom stereocenters. The Bertz CT molecular complexity index is 872. The highest BCUT2D eigenvalue weighted by Gasteiger charge is 2.08. The predicted octanol–water partition coefficient (Wildman–Crippen LogP) is 3.48. The molecule has 7 heteroatoms. The van der Waals surface area contributed by atoms with Gasteiger partial charge in [0.2, 0.25) is 0 Å². The molecule has 0 radical (unpaired) electrons. The molecule has 0 spiro atoms. The summed E-state index contributed by atoms with van der Waals surface area (Å²) in [7, 11) is -3.27. The molecule has 2 aromatic heterocycles. The quantitative estimate of drug-likeness (QED) is 0.754. The Balaban J connectivity index is 0.00000109. The maximum atomic E-state index is 11.4. The standard InChI is InChI=1S/C16H15N3O3S.C2H6/c1-23(20,21)16-7-2-12(8-18-16)10-22-14-5-3-13(4-6-14)15-9-17-11-19-15;1-2/h2-9,11H,10H2,1H3,(H,17,19);1-2H3. The second-order valence-corrected chi connectivity index (χ2v) is 7.02. The maximum absolute atomic E-state index is 11.4. The molecule has 0 fully saturated rings.